The van der Waals surface area contributed by atoms with E-state index in [1.807, 2.05) is 66.0 Å². The molecule has 0 aliphatic carbocycles. The first-order chi connectivity index (χ1) is 13.1. The molecule has 27 heavy (non-hydrogen) atoms. The van der Waals surface area contributed by atoms with Crippen LogP contribution in [0.2, 0.25) is 0 Å². The fourth-order valence-corrected chi connectivity index (χ4v) is 4.25. The predicted octanol–water partition coefficient (Wildman–Crippen LogP) is 4.28. The molecule has 136 valence electrons. The summed E-state index contributed by atoms with van der Waals surface area (Å²) in [5.74, 6) is 0. The molecule has 0 bridgehead atoms. The van der Waals surface area contributed by atoms with Crippen molar-refractivity contribution in [2.45, 2.75) is 19.5 Å². The molecule has 0 N–H and O–H groups in total. The molecule has 0 unspecified atom stereocenters. The normalized spacial score (nSPS) is 11.1. The summed E-state index contributed by atoms with van der Waals surface area (Å²) in [7, 11) is 0. The summed E-state index contributed by atoms with van der Waals surface area (Å²) in [4.78, 5) is 26.0. The molecule has 0 aliphatic rings. The quantitative estimate of drug-likeness (QED) is 0.464. The van der Waals surface area contributed by atoms with Gasteiger partial charge in [-0.25, -0.2) is 4.79 Å². The van der Waals surface area contributed by atoms with E-state index in [9.17, 15) is 9.59 Å². The molecule has 4 nitrogen and oxygen atoms in total. The van der Waals surface area contributed by atoms with Crippen molar-refractivity contribution in [2.75, 3.05) is 0 Å². The zero-order valence-electron chi connectivity index (χ0n) is 14.5. The first-order valence-electron chi connectivity index (χ1n) is 8.63. The van der Waals surface area contributed by atoms with Crippen molar-refractivity contribution in [1.29, 1.82) is 0 Å². The van der Waals surface area contributed by atoms with Crippen LogP contribution in [0.4, 0.5) is 0 Å². The minimum Gasteiger partial charge on any atom is -0.288 e. The van der Waals surface area contributed by atoms with Gasteiger partial charge in [0.2, 0.25) is 0 Å². The lowest BCUT2D eigenvalue weighted by atomic mass is 10.1. The van der Waals surface area contributed by atoms with E-state index >= 15 is 0 Å². The Hall–Kier alpha value is -2.44. The number of benzene rings is 2. The van der Waals surface area contributed by atoms with Gasteiger partial charge >= 0.3 is 5.69 Å². The summed E-state index contributed by atoms with van der Waals surface area (Å²) < 4.78 is 4.68. The largest absolute Gasteiger partial charge is 0.331 e. The van der Waals surface area contributed by atoms with Gasteiger partial charge in [0.1, 0.15) is 4.70 Å². The molecule has 0 saturated carbocycles. The van der Waals surface area contributed by atoms with Gasteiger partial charge in [-0.2, -0.15) is 0 Å². The van der Waals surface area contributed by atoms with Gasteiger partial charge in [0.15, 0.2) is 0 Å². The highest BCUT2D eigenvalue weighted by Crippen LogP contribution is 2.17. The van der Waals surface area contributed by atoms with Crippen LogP contribution in [0, 0.1) is 0 Å². The second-order valence-corrected chi connectivity index (χ2v) is 8.15. The van der Waals surface area contributed by atoms with Gasteiger partial charge < -0.3 is 0 Å². The SMILES string of the molecule is O=c1c2sccc2n(Cc2ccc(Br)cc2)c(=O)n1CCc1ccccc1. The summed E-state index contributed by atoms with van der Waals surface area (Å²) >= 11 is 4.82. The highest BCUT2D eigenvalue weighted by molar-refractivity contribution is 9.10. The van der Waals surface area contributed by atoms with Gasteiger partial charge in [0, 0.05) is 11.0 Å². The summed E-state index contributed by atoms with van der Waals surface area (Å²) in [6.45, 7) is 0.806. The van der Waals surface area contributed by atoms with E-state index in [4.69, 9.17) is 0 Å². The Morgan fingerprint density at radius 3 is 2.33 bits per heavy atom. The van der Waals surface area contributed by atoms with Crippen LogP contribution in [-0.4, -0.2) is 9.13 Å². The summed E-state index contributed by atoms with van der Waals surface area (Å²) in [6, 6.07) is 19.6. The first kappa shape index (κ1) is 17.9. The first-order valence-corrected chi connectivity index (χ1v) is 10.3. The van der Waals surface area contributed by atoms with Gasteiger partial charge in [0.25, 0.3) is 5.56 Å². The van der Waals surface area contributed by atoms with E-state index in [1.54, 1.807) is 4.57 Å². The lowest BCUT2D eigenvalue weighted by Crippen LogP contribution is -2.40. The smallest absolute Gasteiger partial charge is 0.288 e. The third kappa shape index (κ3) is 3.68. The van der Waals surface area contributed by atoms with Crippen molar-refractivity contribution in [2.24, 2.45) is 0 Å². The third-order valence-electron chi connectivity index (χ3n) is 4.56. The fourth-order valence-electron chi connectivity index (χ4n) is 3.14. The maximum Gasteiger partial charge on any atom is 0.331 e. The summed E-state index contributed by atoms with van der Waals surface area (Å²) in [5, 5.41) is 1.87. The third-order valence-corrected chi connectivity index (χ3v) is 5.98. The molecule has 0 spiro atoms. The Labute approximate surface area is 168 Å². The summed E-state index contributed by atoms with van der Waals surface area (Å²) in [5.41, 5.74) is 2.36. The number of nitrogens with zero attached hydrogens (tertiary/aromatic N) is 2. The highest BCUT2D eigenvalue weighted by Gasteiger charge is 2.14. The lowest BCUT2D eigenvalue weighted by Gasteiger charge is -2.12. The fraction of sp³-hybridized carbons (Fsp3) is 0.143. The molecule has 2 aromatic carbocycles. The van der Waals surface area contributed by atoms with Gasteiger partial charge in [-0.15, -0.1) is 11.3 Å². The Morgan fingerprint density at radius 2 is 1.59 bits per heavy atom. The molecular formula is C21H17BrN2O2S. The number of rotatable bonds is 5. The van der Waals surface area contributed by atoms with Crippen LogP contribution in [0.25, 0.3) is 10.2 Å². The van der Waals surface area contributed by atoms with Crippen molar-refractivity contribution >= 4 is 37.5 Å². The van der Waals surface area contributed by atoms with E-state index in [1.165, 1.54) is 15.9 Å². The predicted molar refractivity (Wildman–Crippen MR) is 114 cm³/mol. The maximum absolute atomic E-state index is 13.1. The van der Waals surface area contributed by atoms with Crippen LogP contribution in [0.15, 0.2) is 80.1 Å². The van der Waals surface area contributed by atoms with Crippen LogP contribution >= 0.6 is 27.3 Å². The Morgan fingerprint density at radius 1 is 0.852 bits per heavy atom. The average molecular weight is 441 g/mol. The molecule has 4 aromatic rings. The molecule has 0 atom stereocenters. The van der Waals surface area contributed by atoms with Crippen LogP contribution in [-0.2, 0) is 19.5 Å². The van der Waals surface area contributed by atoms with Crippen molar-refractivity contribution in [1.82, 2.24) is 9.13 Å². The minimum atomic E-state index is -0.259. The standard InChI is InChI=1S/C21H17BrN2O2S/c22-17-8-6-16(7-9-17)14-24-18-11-13-27-19(18)20(25)23(21(24)26)12-10-15-4-2-1-3-5-15/h1-9,11,13H,10,12,14H2. The molecule has 2 heterocycles. The number of halogens is 1. The molecule has 0 aliphatic heterocycles. The van der Waals surface area contributed by atoms with E-state index < -0.39 is 0 Å². The molecule has 4 rings (SSSR count). The van der Waals surface area contributed by atoms with Crippen LogP contribution in [0.5, 0.6) is 0 Å². The maximum atomic E-state index is 13.1. The zero-order valence-corrected chi connectivity index (χ0v) is 16.9. The van der Waals surface area contributed by atoms with E-state index in [0.29, 0.717) is 29.7 Å². The van der Waals surface area contributed by atoms with Crippen molar-refractivity contribution in [3.63, 3.8) is 0 Å². The second-order valence-electron chi connectivity index (χ2n) is 6.32. The van der Waals surface area contributed by atoms with Gasteiger partial charge in [-0.3, -0.25) is 13.9 Å². The van der Waals surface area contributed by atoms with Crippen molar-refractivity contribution in [3.05, 3.63) is 102 Å². The van der Waals surface area contributed by atoms with Gasteiger partial charge in [0.05, 0.1) is 12.1 Å². The van der Waals surface area contributed by atoms with Gasteiger partial charge in [-0.05, 0) is 41.1 Å². The average Bonchev–Trinajstić information content (AvgIpc) is 3.17. The zero-order chi connectivity index (χ0) is 18.8. The Bertz CT molecular complexity index is 1190. The van der Waals surface area contributed by atoms with E-state index in [2.05, 4.69) is 15.9 Å². The molecule has 6 heteroatoms. The van der Waals surface area contributed by atoms with Gasteiger partial charge in [-0.1, -0.05) is 58.4 Å². The number of hydrogen-bond donors (Lipinski definition) is 0. The topological polar surface area (TPSA) is 44.0 Å². The monoisotopic (exact) mass is 440 g/mol. The van der Waals surface area contributed by atoms with Crippen LogP contribution in [0.1, 0.15) is 11.1 Å². The van der Waals surface area contributed by atoms with E-state index in [0.717, 1.165) is 15.6 Å². The van der Waals surface area contributed by atoms with Crippen LogP contribution < -0.4 is 11.2 Å². The Kier molecular flexibility index (Phi) is 5.09. The van der Waals surface area contributed by atoms with Crippen molar-refractivity contribution in [3.8, 4) is 0 Å². The number of aryl methyl sites for hydroxylation is 1. The second kappa shape index (κ2) is 7.66. The summed E-state index contributed by atoms with van der Waals surface area (Å²) in [6.07, 6.45) is 0.644. The molecule has 0 saturated heterocycles. The van der Waals surface area contributed by atoms with E-state index in [-0.39, 0.29) is 11.2 Å². The molecule has 2 aromatic heterocycles. The van der Waals surface area contributed by atoms with Crippen LogP contribution in [0.3, 0.4) is 0 Å². The lowest BCUT2D eigenvalue weighted by molar-refractivity contribution is 0.591. The highest BCUT2D eigenvalue weighted by atomic mass is 79.9. The van der Waals surface area contributed by atoms with Crippen molar-refractivity contribution < 1.29 is 0 Å². The Balaban J connectivity index is 1.76. The number of thiophene rings is 1. The minimum absolute atomic E-state index is 0.201. The number of aromatic nitrogens is 2. The number of hydrogen-bond acceptors (Lipinski definition) is 3. The molecular weight excluding hydrogens is 424 g/mol. The molecule has 0 amide bonds. The molecule has 0 radical (unpaired) electrons. The molecule has 0 fully saturated rings. The number of fused-ring (bicyclic) bond motifs is 1.